The molecule has 2 aromatic carbocycles. The number of hydrogen-bond acceptors (Lipinski definition) is 5. The van der Waals surface area contributed by atoms with Crippen LogP contribution in [0.3, 0.4) is 0 Å². The Morgan fingerprint density at radius 3 is 2.61 bits per heavy atom. The number of aryl methyl sites for hydroxylation is 1. The number of amides is 1. The Morgan fingerprint density at radius 1 is 1.11 bits per heavy atom. The van der Waals surface area contributed by atoms with E-state index in [2.05, 4.69) is 67.8 Å². The number of rotatable bonds is 5. The number of nitrogens with one attached hydrogen (secondary N) is 1. The molecule has 0 radical (unpaired) electrons. The molecule has 7 heteroatoms. The zero-order valence-corrected chi connectivity index (χ0v) is 18.2. The van der Waals surface area contributed by atoms with E-state index in [9.17, 15) is 4.79 Å². The van der Waals surface area contributed by atoms with Crippen LogP contribution in [-0.2, 0) is 4.79 Å². The highest BCUT2D eigenvalue weighted by Gasteiger charge is 2.15. The van der Waals surface area contributed by atoms with Crippen LogP contribution in [-0.4, -0.2) is 21.6 Å². The molecule has 1 N–H and O–H groups in total. The molecule has 0 aliphatic rings. The highest BCUT2D eigenvalue weighted by molar-refractivity contribution is 9.10. The van der Waals surface area contributed by atoms with E-state index >= 15 is 0 Å². The number of aromatic nitrogens is 2. The van der Waals surface area contributed by atoms with Crippen molar-refractivity contribution in [2.45, 2.75) is 11.9 Å². The molecule has 2 aromatic heterocycles. The summed E-state index contributed by atoms with van der Waals surface area (Å²) in [5.74, 6) is 0.219. The molecule has 2 heterocycles. The number of thioether (sulfide) groups is 1. The fraction of sp³-hybridized carbons (Fsp3) is 0.0952. The van der Waals surface area contributed by atoms with Gasteiger partial charge in [0.05, 0.1) is 11.1 Å². The van der Waals surface area contributed by atoms with Gasteiger partial charge in [-0.1, -0.05) is 57.5 Å². The lowest BCUT2D eigenvalue weighted by Gasteiger charge is -2.07. The smallest absolute Gasteiger partial charge is 0.234 e. The first-order valence-electron chi connectivity index (χ1n) is 8.57. The molecule has 4 rings (SSSR count). The maximum absolute atomic E-state index is 12.4. The van der Waals surface area contributed by atoms with Crippen LogP contribution in [0.25, 0.3) is 21.3 Å². The maximum Gasteiger partial charge on any atom is 0.234 e. The van der Waals surface area contributed by atoms with E-state index < -0.39 is 0 Å². The fourth-order valence-electron chi connectivity index (χ4n) is 2.77. The number of carbonyl (C=O) groups is 1. The number of carbonyl (C=O) groups excluding carboxylic acids is 1. The Labute approximate surface area is 179 Å². The second kappa shape index (κ2) is 8.43. The van der Waals surface area contributed by atoms with Gasteiger partial charge in [-0.3, -0.25) is 4.79 Å². The second-order valence-electron chi connectivity index (χ2n) is 6.22. The molecule has 0 aliphatic heterocycles. The Balaban J connectivity index is 1.55. The van der Waals surface area contributed by atoms with Crippen molar-refractivity contribution in [3.05, 3.63) is 70.3 Å². The van der Waals surface area contributed by atoms with Gasteiger partial charge in [0.2, 0.25) is 5.91 Å². The molecule has 0 atom stereocenters. The van der Waals surface area contributed by atoms with Crippen LogP contribution in [0.1, 0.15) is 5.56 Å². The van der Waals surface area contributed by atoms with Crippen molar-refractivity contribution in [1.29, 1.82) is 0 Å². The molecule has 28 heavy (non-hydrogen) atoms. The number of benzene rings is 2. The number of fused-ring (bicyclic) bond motifs is 1. The molecule has 4 aromatic rings. The van der Waals surface area contributed by atoms with Crippen LogP contribution in [0.4, 0.5) is 5.69 Å². The van der Waals surface area contributed by atoms with Crippen LogP contribution in [0, 0.1) is 6.92 Å². The Kier molecular flexibility index (Phi) is 5.75. The molecule has 0 saturated heterocycles. The van der Waals surface area contributed by atoms with Gasteiger partial charge in [0.25, 0.3) is 0 Å². The minimum absolute atomic E-state index is 0.0637. The average Bonchev–Trinajstić information content (AvgIpc) is 3.13. The fourth-order valence-corrected chi connectivity index (χ4v) is 4.82. The summed E-state index contributed by atoms with van der Waals surface area (Å²) in [6.07, 6.45) is 1.56. The Bertz CT molecular complexity index is 1120. The van der Waals surface area contributed by atoms with Crippen LogP contribution in [0.15, 0.2) is 69.7 Å². The molecule has 0 aliphatic carbocycles. The van der Waals surface area contributed by atoms with Gasteiger partial charge < -0.3 is 5.32 Å². The zero-order chi connectivity index (χ0) is 19.5. The molecule has 0 saturated carbocycles. The van der Waals surface area contributed by atoms with Crippen molar-refractivity contribution in [1.82, 2.24) is 9.97 Å². The van der Waals surface area contributed by atoms with Crippen molar-refractivity contribution in [3.8, 4) is 11.1 Å². The van der Waals surface area contributed by atoms with E-state index in [-0.39, 0.29) is 11.7 Å². The average molecular weight is 470 g/mol. The number of nitrogens with zero attached hydrogens (tertiary/aromatic N) is 2. The van der Waals surface area contributed by atoms with Gasteiger partial charge >= 0.3 is 0 Å². The van der Waals surface area contributed by atoms with Crippen LogP contribution >= 0.6 is 39.0 Å². The summed E-state index contributed by atoms with van der Waals surface area (Å²) in [5, 5.41) is 6.86. The summed E-state index contributed by atoms with van der Waals surface area (Å²) >= 11 is 6.42. The first-order chi connectivity index (χ1) is 13.6. The highest BCUT2D eigenvalue weighted by Crippen LogP contribution is 2.37. The SMILES string of the molecule is Cc1ccc(-c2csc3ncnc(SCC(=O)Nc4ccc(Br)cc4)c23)cc1. The van der Waals surface area contributed by atoms with Gasteiger partial charge in [0.1, 0.15) is 16.2 Å². The third-order valence-corrected chi connectivity index (χ3v) is 6.57. The zero-order valence-electron chi connectivity index (χ0n) is 15.0. The summed E-state index contributed by atoms with van der Waals surface area (Å²) in [7, 11) is 0. The van der Waals surface area contributed by atoms with Crippen molar-refractivity contribution in [2.24, 2.45) is 0 Å². The van der Waals surface area contributed by atoms with Gasteiger partial charge in [-0.25, -0.2) is 9.97 Å². The summed E-state index contributed by atoms with van der Waals surface area (Å²) in [6, 6.07) is 15.9. The van der Waals surface area contributed by atoms with Gasteiger partial charge in [-0.05, 0) is 36.8 Å². The van der Waals surface area contributed by atoms with Gasteiger partial charge in [0, 0.05) is 21.1 Å². The largest absolute Gasteiger partial charge is 0.325 e. The molecular weight excluding hydrogens is 454 g/mol. The number of thiophene rings is 1. The standard InChI is InChI=1S/C21H16BrN3OS2/c1-13-2-4-14(5-3-13)17-10-27-20-19(17)21(24-12-23-20)28-11-18(26)25-16-8-6-15(22)7-9-16/h2-10,12H,11H2,1H3,(H,25,26). The van der Waals surface area contributed by atoms with Crippen molar-refractivity contribution in [2.75, 3.05) is 11.1 Å². The monoisotopic (exact) mass is 469 g/mol. The van der Waals surface area contributed by atoms with Crippen LogP contribution in [0.5, 0.6) is 0 Å². The molecule has 0 bridgehead atoms. The lowest BCUT2D eigenvalue weighted by molar-refractivity contribution is -0.113. The molecule has 0 spiro atoms. The van der Waals surface area contributed by atoms with Crippen molar-refractivity contribution >= 4 is 60.8 Å². The lowest BCUT2D eigenvalue weighted by Crippen LogP contribution is -2.14. The lowest BCUT2D eigenvalue weighted by atomic mass is 10.1. The normalized spacial score (nSPS) is 10.9. The predicted molar refractivity (Wildman–Crippen MR) is 121 cm³/mol. The number of halogens is 1. The van der Waals surface area contributed by atoms with Gasteiger partial charge in [-0.2, -0.15) is 0 Å². The Morgan fingerprint density at radius 2 is 1.86 bits per heavy atom. The molecule has 0 fully saturated rings. The Hall–Kier alpha value is -2.22. The van der Waals surface area contributed by atoms with E-state index in [0.29, 0.717) is 0 Å². The van der Waals surface area contributed by atoms with E-state index in [1.54, 1.807) is 17.7 Å². The van der Waals surface area contributed by atoms with Crippen LogP contribution < -0.4 is 5.32 Å². The van der Waals surface area contributed by atoms with E-state index in [4.69, 9.17) is 0 Å². The van der Waals surface area contributed by atoms with Gasteiger partial charge in [-0.15, -0.1) is 11.3 Å². The molecule has 0 unspecified atom stereocenters. The van der Waals surface area contributed by atoms with E-state index in [1.807, 2.05) is 24.3 Å². The third-order valence-electron chi connectivity index (χ3n) is 4.17. The predicted octanol–water partition coefficient (Wildman–Crippen LogP) is 6.16. The van der Waals surface area contributed by atoms with Crippen molar-refractivity contribution in [3.63, 3.8) is 0 Å². The third kappa shape index (κ3) is 4.27. The maximum atomic E-state index is 12.4. The second-order valence-corrected chi connectivity index (χ2v) is 8.96. The topological polar surface area (TPSA) is 54.9 Å². The molecular formula is C21H16BrN3OS2. The summed E-state index contributed by atoms with van der Waals surface area (Å²) in [6.45, 7) is 2.07. The number of anilines is 1. The number of hydrogen-bond donors (Lipinski definition) is 1. The minimum Gasteiger partial charge on any atom is -0.325 e. The van der Waals surface area contributed by atoms with E-state index in [0.717, 1.165) is 36.5 Å². The first-order valence-corrected chi connectivity index (χ1v) is 11.2. The van der Waals surface area contributed by atoms with Gasteiger partial charge in [0.15, 0.2) is 0 Å². The van der Waals surface area contributed by atoms with Crippen molar-refractivity contribution < 1.29 is 4.79 Å². The quantitative estimate of drug-likeness (QED) is 0.280. The molecule has 4 nitrogen and oxygen atoms in total. The van der Waals surface area contributed by atoms with E-state index in [1.165, 1.54) is 17.3 Å². The summed E-state index contributed by atoms with van der Waals surface area (Å²) in [4.78, 5) is 22.1. The van der Waals surface area contributed by atoms with Crippen LogP contribution in [0.2, 0.25) is 0 Å². The highest BCUT2D eigenvalue weighted by atomic mass is 79.9. The molecule has 1 amide bonds. The molecule has 140 valence electrons. The minimum atomic E-state index is -0.0637. The first kappa shape index (κ1) is 19.1. The summed E-state index contributed by atoms with van der Waals surface area (Å²) < 4.78 is 0.976. The summed E-state index contributed by atoms with van der Waals surface area (Å²) in [5.41, 5.74) is 4.24.